The Morgan fingerprint density at radius 3 is 1.12 bits per heavy atom. The van der Waals surface area contributed by atoms with Crippen LogP contribution in [0.5, 0.6) is 0 Å². The van der Waals surface area contributed by atoms with E-state index in [1.165, 1.54) is 0 Å². The number of hydrogen-bond donors (Lipinski definition) is 2. The second kappa shape index (κ2) is 7.84. The quantitative estimate of drug-likeness (QED) is 0.577. The number of carbonyl (C=O) groups excluding carboxylic acids is 2. The lowest BCUT2D eigenvalue weighted by Crippen LogP contribution is -2.53. The van der Waals surface area contributed by atoms with Crippen molar-refractivity contribution >= 4 is 24.1 Å². The average molecular weight is 348 g/mol. The Balaban J connectivity index is 5.19. The van der Waals surface area contributed by atoms with E-state index in [-0.39, 0.29) is 10.0 Å². The standard InChI is InChI=1S/C14H24N2O8/c1-13(2,3)23-9(17)7-15(11(19)20)16(12(21)22)8-10(18)24-14(4,5)6/h7-8H2,1-6H3,(H,19,20)(H,21,22). The van der Waals surface area contributed by atoms with Gasteiger partial charge < -0.3 is 19.7 Å². The van der Waals surface area contributed by atoms with Crippen LogP contribution in [-0.4, -0.2) is 68.6 Å². The van der Waals surface area contributed by atoms with Crippen LogP contribution in [0.4, 0.5) is 9.59 Å². The van der Waals surface area contributed by atoms with E-state index in [1.54, 1.807) is 41.5 Å². The van der Waals surface area contributed by atoms with Crippen molar-refractivity contribution in [1.82, 2.24) is 10.0 Å². The van der Waals surface area contributed by atoms with Crippen molar-refractivity contribution in [3.8, 4) is 0 Å². The minimum absolute atomic E-state index is 0.181. The third-order valence-corrected chi connectivity index (χ3v) is 2.13. The second-order valence-corrected chi connectivity index (χ2v) is 6.85. The fraction of sp³-hybridized carbons (Fsp3) is 0.714. The molecule has 0 aliphatic carbocycles. The predicted octanol–water partition coefficient (Wildman–Crippen LogP) is 1.54. The SMILES string of the molecule is CC(C)(C)OC(=O)CN(C(=O)O)N(CC(=O)OC(C)(C)C)C(=O)O. The Morgan fingerprint density at radius 1 is 0.708 bits per heavy atom. The van der Waals surface area contributed by atoms with E-state index in [9.17, 15) is 19.2 Å². The summed E-state index contributed by atoms with van der Waals surface area (Å²) in [5.74, 6) is -1.92. The van der Waals surface area contributed by atoms with Gasteiger partial charge in [0, 0.05) is 0 Å². The van der Waals surface area contributed by atoms with Gasteiger partial charge in [-0.05, 0) is 41.5 Å². The van der Waals surface area contributed by atoms with E-state index < -0.39 is 48.4 Å². The first-order valence-electron chi connectivity index (χ1n) is 7.07. The van der Waals surface area contributed by atoms with Gasteiger partial charge in [-0.1, -0.05) is 0 Å². The Kier molecular flexibility index (Phi) is 7.02. The van der Waals surface area contributed by atoms with E-state index in [0.29, 0.717) is 0 Å². The van der Waals surface area contributed by atoms with Crippen molar-refractivity contribution < 1.29 is 38.9 Å². The molecule has 0 heterocycles. The highest BCUT2D eigenvalue weighted by Gasteiger charge is 2.32. The zero-order valence-electron chi connectivity index (χ0n) is 14.7. The topological polar surface area (TPSA) is 134 Å². The van der Waals surface area contributed by atoms with Crippen LogP contribution in [0.3, 0.4) is 0 Å². The zero-order chi connectivity index (χ0) is 19.3. The number of amides is 2. The van der Waals surface area contributed by atoms with Crippen LogP contribution in [0.2, 0.25) is 0 Å². The molecule has 0 saturated heterocycles. The van der Waals surface area contributed by atoms with Gasteiger partial charge in [0.2, 0.25) is 0 Å². The second-order valence-electron chi connectivity index (χ2n) is 6.85. The molecule has 0 aliphatic heterocycles. The number of ether oxygens (including phenoxy) is 2. The molecule has 0 fully saturated rings. The van der Waals surface area contributed by atoms with Gasteiger partial charge in [0.1, 0.15) is 24.3 Å². The number of carboxylic acid groups (broad SMARTS) is 2. The predicted molar refractivity (Wildman–Crippen MR) is 81.2 cm³/mol. The third kappa shape index (κ3) is 8.81. The van der Waals surface area contributed by atoms with Gasteiger partial charge in [0.05, 0.1) is 0 Å². The van der Waals surface area contributed by atoms with Gasteiger partial charge in [0.25, 0.3) is 0 Å². The van der Waals surface area contributed by atoms with Gasteiger partial charge in [-0.15, -0.1) is 0 Å². The lowest BCUT2D eigenvalue weighted by Gasteiger charge is -2.30. The molecule has 0 radical (unpaired) electrons. The summed E-state index contributed by atoms with van der Waals surface area (Å²) in [6.45, 7) is 7.68. The van der Waals surface area contributed by atoms with Gasteiger partial charge in [-0.2, -0.15) is 0 Å². The number of hydrazine groups is 1. The number of carbonyl (C=O) groups is 4. The monoisotopic (exact) mass is 348 g/mol. The fourth-order valence-electron chi connectivity index (χ4n) is 1.50. The fourth-order valence-corrected chi connectivity index (χ4v) is 1.50. The van der Waals surface area contributed by atoms with Gasteiger partial charge >= 0.3 is 24.1 Å². The van der Waals surface area contributed by atoms with Crippen molar-refractivity contribution in [2.24, 2.45) is 0 Å². The summed E-state index contributed by atoms with van der Waals surface area (Å²) in [5, 5.41) is 18.7. The Morgan fingerprint density at radius 2 is 0.958 bits per heavy atom. The van der Waals surface area contributed by atoms with Gasteiger partial charge in [-0.25, -0.2) is 19.6 Å². The van der Waals surface area contributed by atoms with Crippen LogP contribution in [0.1, 0.15) is 41.5 Å². The largest absolute Gasteiger partial charge is 0.464 e. The summed E-state index contributed by atoms with van der Waals surface area (Å²) < 4.78 is 9.91. The maximum atomic E-state index is 11.8. The van der Waals surface area contributed by atoms with Crippen LogP contribution in [0.15, 0.2) is 0 Å². The van der Waals surface area contributed by atoms with Crippen molar-refractivity contribution in [2.75, 3.05) is 13.1 Å². The van der Waals surface area contributed by atoms with Crippen molar-refractivity contribution in [3.05, 3.63) is 0 Å². The number of esters is 2. The van der Waals surface area contributed by atoms with Crippen LogP contribution in [0, 0.1) is 0 Å². The molecule has 0 rings (SSSR count). The zero-order valence-corrected chi connectivity index (χ0v) is 14.7. The average Bonchev–Trinajstić information content (AvgIpc) is 2.28. The van der Waals surface area contributed by atoms with Gasteiger partial charge in [-0.3, -0.25) is 9.59 Å². The van der Waals surface area contributed by atoms with Crippen molar-refractivity contribution in [2.45, 2.75) is 52.7 Å². The molecule has 138 valence electrons. The maximum Gasteiger partial charge on any atom is 0.427 e. The molecule has 0 spiro atoms. The van der Waals surface area contributed by atoms with Crippen molar-refractivity contribution in [1.29, 1.82) is 0 Å². The molecule has 0 saturated carbocycles. The van der Waals surface area contributed by atoms with Crippen molar-refractivity contribution in [3.63, 3.8) is 0 Å². The van der Waals surface area contributed by atoms with Crippen LogP contribution >= 0.6 is 0 Å². The molecule has 0 aliphatic rings. The minimum atomic E-state index is -1.73. The molecule has 0 bridgehead atoms. The first-order valence-corrected chi connectivity index (χ1v) is 7.07. The summed E-state index contributed by atoms with van der Waals surface area (Å²) in [5.41, 5.74) is -1.75. The molecule has 0 aromatic rings. The van der Waals surface area contributed by atoms with Crippen LogP contribution < -0.4 is 0 Å². The molecule has 2 N–H and O–H groups in total. The molecule has 24 heavy (non-hydrogen) atoms. The lowest BCUT2D eigenvalue weighted by molar-refractivity contribution is -0.165. The molecule has 0 atom stereocenters. The molecular weight excluding hydrogens is 324 g/mol. The Labute approximate surface area is 139 Å². The summed E-state index contributed by atoms with van der Waals surface area (Å²) >= 11 is 0. The molecule has 0 unspecified atom stereocenters. The lowest BCUT2D eigenvalue weighted by atomic mass is 10.2. The van der Waals surface area contributed by atoms with E-state index >= 15 is 0 Å². The number of rotatable bonds is 4. The molecule has 2 amide bonds. The highest BCUT2D eigenvalue weighted by Crippen LogP contribution is 2.11. The molecule has 0 aromatic heterocycles. The highest BCUT2D eigenvalue weighted by atomic mass is 16.6. The smallest absolute Gasteiger partial charge is 0.427 e. The molecule has 0 aromatic carbocycles. The molecule has 10 heteroatoms. The molecular formula is C14H24N2O8. The summed E-state index contributed by atoms with van der Waals surface area (Å²) in [6.07, 6.45) is -3.46. The third-order valence-electron chi connectivity index (χ3n) is 2.13. The van der Waals surface area contributed by atoms with E-state index in [4.69, 9.17) is 19.7 Å². The van der Waals surface area contributed by atoms with Gasteiger partial charge in [0.15, 0.2) is 0 Å². The van der Waals surface area contributed by atoms with E-state index in [0.717, 1.165) is 0 Å². The first-order chi connectivity index (χ1) is 10.6. The molecule has 10 nitrogen and oxygen atoms in total. The Hall–Kier alpha value is -2.52. The highest BCUT2D eigenvalue weighted by molar-refractivity contribution is 5.82. The van der Waals surface area contributed by atoms with Crippen LogP contribution in [-0.2, 0) is 19.1 Å². The summed E-state index contributed by atoms with van der Waals surface area (Å²) in [6, 6.07) is 0. The summed E-state index contributed by atoms with van der Waals surface area (Å²) in [4.78, 5) is 46.1. The number of nitrogens with zero attached hydrogens (tertiary/aromatic N) is 2. The summed E-state index contributed by atoms with van der Waals surface area (Å²) in [7, 11) is 0. The van der Waals surface area contributed by atoms with Crippen LogP contribution in [0.25, 0.3) is 0 Å². The first kappa shape index (κ1) is 21.5. The van der Waals surface area contributed by atoms with E-state index in [2.05, 4.69) is 0 Å². The Bertz CT molecular complexity index is 458. The normalized spacial score (nSPS) is 11.4. The maximum absolute atomic E-state index is 11.8. The minimum Gasteiger partial charge on any atom is -0.464 e. The van der Waals surface area contributed by atoms with E-state index in [1.807, 2.05) is 0 Å². The number of hydrogen-bond acceptors (Lipinski definition) is 6.